The molecule has 1 aliphatic rings. The lowest BCUT2D eigenvalue weighted by Crippen LogP contribution is -2.12. The predicted octanol–water partition coefficient (Wildman–Crippen LogP) is 3.34. The van der Waals surface area contributed by atoms with E-state index in [0.29, 0.717) is 40.9 Å². The zero-order valence-electron chi connectivity index (χ0n) is 13.5. The molecular weight excluding hydrogens is 332 g/mol. The molecule has 0 unspecified atom stereocenters. The Morgan fingerprint density at radius 2 is 2.17 bits per heavy atom. The number of aryl methyl sites for hydroxylation is 1. The van der Waals surface area contributed by atoms with Crippen LogP contribution in [0.1, 0.15) is 19.3 Å². The molecule has 0 radical (unpaired) electrons. The van der Waals surface area contributed by atoms with Crippen LogP contribution in [0.25, 0.3) is 11.3 Å². The Kier molecular flexibility index (Phi) is 6.45. The maximum absolute atomic E-state index is 10.8. The number of carboxylic acid groups (broad SMARTS) is 1. The lowest BCUT2D eigenvalue weighted by Gasteiger charge is -2.13. The Morgan fingerprint density at radius 3 is 2.67 bits per heavy atom. The first-order chi connectivity index (χ1) is 11.5. The molecule has 1 aromatic heterocycles. The van der Waals surface area contributed by atoms with Crippen LogP contribution in [-0.2, 0) is 7.05 Å². The summed E-state index contributed by atoms with van der Waals surface area (Å²) in [4.78, 5) is 10.8. The van der Waals surface area contributed by atoms with Gasteiger partial charge in [-0.15, -0.1) is 0 Å². The summed E-state index contributed by atoms with van der Waals surface area (Å²) in [5.74, 6) is 0.557. The van der Waals surface area contributed by atoms with Gasteiger partial charge in [-0.05, 0) is 18.2 Å². The number of ether oxygens (including phenoxy) is 1. The topological polar surface area (TPSA) is 102 Å². The van der Waals surface area contributed by atoms with E-state index in [1.54, 1.807) is 29.9 Å². The molecular formula is C16H21ClN4O3. The van der Waals surface area contributed by atoms with Crippen molar-refractivity contribution in [3.05, 3.63) is 29.4 Å². The second-order valence-electron chi connectivity index (χ2n) is 5.30. The van der Waals surface area contributed by atoms with Crippen LogP contribution in [0.5, 0.6) is 5.75 Å². The molecule has 0 spiro atoms. The largest absolute Gasteiger partial charge is 0.492 e. The molecule has 1 saturated carbocycles. The molecule has 1 aromatic carbocycles. The molecule has 1 amide bonds. The third kappa shape index (κ3) is 5.14. The van der Waals surface area contributed by atoms with E-state index in [-0.39, 0.29) is 0 Å². The van der Waals surface area contributed by atoms with Gasteiger partial charge in [0.25, 0.3) is 0 Å². The summed E-state index contributed by atoms with van der Waals surface area (Å²) < 4.78 is 7.17. The van der Waals surface area contributed by atoms with Gasteiger partial charge in [0.05, 0.1) is 16.9 Å². The number of halogens is 1. The van der Waals surface area contributed by atoms with Gasteiger partial charge in [-0.1, -0.05) is 30.9 Å². The number of nitrogens with one attached hydrogen (secondary N) is 1. The highest BCUT2D eigenvalue weighted by atomic mass is 35.5. The number of hydrogen-bond acceptors (Lipinski definition) is 4. The van der Waals surface area contributed by atoms with E-state index in [1.807, 2.05) is 0 Å². The first kappa shape index (κ1) is 18.1. The van der Waals surface area contributed by atoms with Gasteiger partial charge in [0, 0.05) is 24.8 Å². The van der Waals surface area contributed by atoms with Gasteiger partial charge in [-0.2, -0.15) is 5.10 Å². The summed E-state index contributed by atoms with van der Waals surface area (Å²) in [5.41, 5.74) is 7.13. The molecule has 0 saturated heterocycles. The highest BCUT2D eigenvalue weighted by molar-refractivity contribution is 6.33. The minimum Gasteiger partial charge on any atom is -0.492 e. The Bertz CT molecular complexity index is 678. The molecule has 1 heterocycles. The molecule has 1 aliphatic carbocycles. The van der Waals surface area contributed by atoms with E-state index >= 15 is 0 Å². The highest BCUT2D eigenvalue weighted by Crippen LogP contribution is 2.36. The SMILES string of the molecule is C1CC1.Cn1ncc(Cl)c1-c1cc(NC(=O)O)ccc1OCCN. The smallest absolute Gasteiger partial charge is 0.409 e. The van der Waals surface area contributed by atoms with Crippen molar-refractivity contribution in [2.24, 2.45) is 12.8 Å². The Hall–Kier alpha value is -2.25. The first-order valence-electron chi connectivity index (χ1n) is 7.67. The van der Waals surface area contributed by atoms with E-state index in [2.05, 4.69) is 10.4 Å². The van der Waals surface area contributed by atoms with Crippen LogP contribution in [0.3, 0.4) is 0 Å². The van der Waals surface area contributed by atoms with E-state index in [9.17, 15) is 4.79 Å². The second kappa shape index (κ2) is 8.56. The van der Waals surface area contributed by atoms with Crippen LogP contribution >= 0.6 is 11.6 Å². The van der Waals surface area contributed by atoms with E-state index in [4.69, 9.17) is 27.2 Å². The van der Waals surface area contributed by atoms with Crippen LogP contribution in [0, 0.1) is 0 Å². The van der Waals surface area contributed by atoms with Crippen molar-refractivity contribution in [3.8, 4) is 17.0 Å². The number of anilines is 1. The van der Waals surface area contributed by atoms with Gasteiger partial charge in [0.2, 0.25) is 0 Å². The number of hydrogen-bond donors (Lipinski definition) is 3. The van der Waals surface area contributed by atoms with E-state index in [1.165, 1.54) is 25.5 Å². The van der Waals surface area contributed by atoms with Gasteiger partial charge in [-0.3, -0.25) is 10.00 Å². The third-order valence-corrected chi connectivity index (χ3v) is 3.39. The molecule has 7 nitrogen and oxygen atoms in total. The van der Waals surface area contributed by atoms with E-state index < -0.39 is 6.09 Å². The van der Waals surface area contributed by atoms with Crippen molar-refractivity contribution in [3.63, 3.8) is 0 Å². The number of nitrogens with two attached hydrogens (primary N) is 1. The second-order valence-corrected chi connectivity index (χ2v) is 5.71. The lowest BCUT2D eigenvalue weighted by atomic mass is 10.1. The fourth-order valence-electron chi connectivity index (χ4n) is 1.92. The van der Waals surface area contributed by atoms with Crippen LogP contribution in [-0.4, -0.2) is 34.1 Å². The number of nitrogens with zero attached hydrogens (tertiary/aromatic N) is 2. The van der Waals surface area contributed by atoms with Crippen molar-refractivity contribution in [1.82, 2.24) is 9.78 Å². The molecule has 2 aromatic rings. The van der Waals surface area contributed by atoms with Crippen LogP contribution in [0.15, 0.2) is 24.4 Å². The van der Waals surface area contributed by atoms with Crippen molar-refractivity contribution in [2.75, 3.05) is 18.5 Å². The van der Waals surface area contributed by atoms with Crippen LogP contribution in [0.2, 0.25) is 5.02 Å². The fourth-order valence-corrected chi connectivity index (χ4v) is 2.19. The first-order valence-corrected chi connectivity index (χ1v) is 8.05. The predicted molar refractivity (Wildman–Crippen MR) is 93.7 cm³/mol. The summed E-state index contributed by atoms with van der Waals surface area (Å²) in [5, 5.41) is 15.6. The standard InChI is InChI=1S/C13H15ClN4O3.C3H6/c1-18-12(10(14)7-16-18)9-6-8(17-13(19)20)2-3-11(9)21-5-4-15;1-2-3-1/h2-3,6-7,17H,4-5,15H2,1H3,(H,19,20);1-3H2. The number of rotatable bonds is 5. The molecule has 130 valence electrons. The number of carbonyl (C=O) groups is 1. The zero-order chi connectivity index (χ0) is 17.5. The summed E-state index contributed by atoms with van der Waals surface area (Å²) >= 11 is 6.14. The lowest BCUT2D eigenvalue weighted by molar-refractivity contribution is 0.209. The molecule has 0 bridgehead atoms. The van der Waals surface area contributed by atoms with E-state index in [0.717, 1.165) is 0 Å². The fraction of sp³-hybridized carbons (Fsp3) is 0.375. The minimum atomic E-state index is -1.15. The van der Waals surface area contributed by atoms with Gasteiger partial charge in [0.15, 0.2) is 0 Å². The Labute approximate surface area is 145 Å². The Morgan fingerprint density at radius 1 is 1.46 bits per heavy atom. The third-order valence-electron chi connectivity index (χ3n) is 3.11. The normalized spacial score (nSPS) is 12.1. The molecule has 1 fully saturated rings. The van der Waals surface area contributed by atoms with Gasteiger partial charge < -0.3 is 15.6 Å². The monoisotopic (exact) mass is 352 g/mol. The zero-order valence-corrected chi connectivity index (χ0v) is 14.2. The molecule has 0 atom stereocenters. The van der Waals surface area contributed by atoms with Crippen molar-refractivity contribution >= 4 is 23.4 Å². The van der Waals surface area contributed by atoms with Crippen LogP contribution < -0.4 is 15.8 Å². The summed E-state index contributed by atoms with van der Waals surface area (Å²) in [7, 11) is 1.74. The molecule has 3 rings (SSSR count). The summed E-state index contributed by atoms with van der Waals surface area (Å²) in [6.07, 6.45) is 4.87. The average molecular weight is 353 g/mol. The molecule has 24 heavy (non-hydrogen) atoms. The Balaban J connectivity index is 0.000000623. The van der Waals surface area contributed by atoms with Gasteiger partial charge in [0.1, 0.15) is 12.4 Å². The van der Waals surface area contributed by atoms with Crippen molar-refractivity contribution < 1.29 is 14.6 Å². The highest BCUT2D eigenvalue weighted by Gasteiger charge is 2.16. The molecule has 4 N–H and O–H groups in total. The number of aromatic nitrogens is 2. The summed E-state index contributed by atoms with van der Waals surface area (Å²) in [6.45, 7) is 0.710. The number of amides is 1. The van der Waals surface area contributed by atoms with Crippen molar-refractivity contribution in [1.29, 1.82) is 0 Å². The molecule has 0 aliphatic heterocycles. The van der Waals surface area contributed by atoms with Gasteiger partial charge >= 0.3 is 6.09 Å². The summed E-state index contributed by atoms with van der Waals surface area (Å²) in [6, 6.07) is 4.91. The maximum atomic E-state index is 10.8. The maximum Gasteiger partial charge on any atom is 0.409 e. The van der Waals surface area contributed by atoms with Gasteiger partial charge in [-0.25, -0.2) is 4.79 Å². The van der Waals surface area contributed by atoms with Crippen molar-refractivity contribution in [2.45, 2.75) is 19.3 Å². The quantitative estimate of drug-likeness (QED) is 0.765. The molecule has 8 heteroatoms. The van der Waals surface area contributed by atoms with Crippen LogP contribution in [0.4, 0.5) is 10.5 Å². The number of benzene rings is 1. The average Bonchev–Trinajstić information content (AvgIpc) is 3.37. The minimum absolute atomic E-state index is 0.341.